The van der Waals surface area contributed by atoms with Gasteiger partial charge in [-0.1, -0.05) is 53.1 Å². The van der Waals surface area contributed by atoms with Crippen molar-refractivity contribution in [3.63, 3.8) is 0 Å². The number of hydrogen-bond acceptors (Lipinski definition) is 16. The van der Waals surface area contributed by atoms with Gasteiger partial charge in [-0.2, -0.15) is 0 Å². The van der Waals surface area contributed by atoms with E-state index in [1.807, 2.05) is 64.1 Å². The minimum atomic E-state index is -0.846. The molecule has 12 rings (SSSR count). The van der Waals surface area contributed by atoms with Crippen LogP contribution in [0.4, 0.5) is 5.69 Å². The molecular weight excluding hydrogens is 1130 g/mol. The number of amides is 4. The number of aliphatic hydroxyl groups is 2. The van der Waals surface area contributed by atoms with Gasteiger partial charge in [-0.15, -0.1) is 0 Å². The van der Waals surface area contributed by atoms with Crippen molar-refractivity contribution in [1.82, 2.24) is 44.5 Å². The number of carbonyl (C=O) groups excluding carboxylic acids is 5. The summed E-state index contributed by atoms with van der Waals surface area (Å²) in [6.07, 6.45) is 10.1. The summed E-state index contributed by atoms with van der Waals surface area (Å²) in [5, 5.41) is 23.2. The van der Waals surface area contributed by atoms with Crippen molar-refractivity contribution in [3.8, 4) is 22.9 Å². The van der Waals surface area contributed by atoms with Gasteiger partial charge in [0.2, 0.25) is 0 Å². The maximum Gasteiger partial charge on any atom is 0.261 e. The van der Waals surface area contributed by atoms with E-state index in [9.17, 15) is 39.0 Å². The van der Waals surface area contributed by atoms with Crippen LogP contribution >= 0.6 is 11.6 Å². The third-order valence-electron chi connectivity index (χ3n) is 16.1. The quantitative estimate of drug-likeness (QED) is 0.0362. The van der Waals surface area contributed by atoms with E-state index >= 15 is 0 Å². The van der Waals surface area contributed by atoms with Gasteiger partial charge in [-0.05, 0) is 165 Å². The number of likely N-dealkylation sites (tertiary alicyclic amines) is 2. The van der Waals surface area contributed by atoms with E-state index in [0.29, 0.717) is 85.3 Å². The number of allylic oxidation sites excluding steroid dienone is 4. The van der Waals surface area contributed by atoms with E-state index in [1.165, 1.54) is 47.2 Å². The zero-order valence-electron chi connectivity index (χ0n) is 49.5. The molecule has 0 saturated carbocycles. The van der Waals surface area contributed by atoms with Gasteiger partial charge in [-0.3, -0.25) is 38.6 Å². The number of hydrogen-bond donors (Lipinski definition) is 7. The Kier molecular flexibility index (Phi) is 19.6. The highest BCUT2D eigenvalue weighted by Crippen LogP contribution is 2.34. The Labute approximate surface area is 508 Å². The van der Waals surface area contributed by atoms with Gasteiger partial charge < -0.3 is 55.5 Å². The molecule has 87 heavy (non-hydrogen) atoms. The number of nitrogens with two attached hydrogens (primary N) is 1. The van der Waals surface area contributed by atoms with E-state index in [4.69, 9.17) is 26.8 Å². The zero-order chi connectivity index (χ0) is 61.5. The number of ether oxygens (including phenoxy) is 2. The van der Waals surface area contributed by atoms with Crippen LogP contribution in [0.3, 0.4) is 0 Å². The van der Waals surface area contributed by atoms with Crippen LogP contribution in [-0.4, -0.2) is 175 Å². The Morgan fingerprint density at radius 3 is 1.61 bits per heavy atom. The molecule has 21 nitrogen and oxygen atoms in total. The number of H-pyrrole nitrogens is 3. The van der Waals surface area contributed by atoms with Crippen LogP contribution in [-0.2, 0) is 4.79 Å². The van der Waals surface area contributed by atoms with E-state index in [0.717, 1.165) is 74.6 Å². The summed E-state index contributed by atoms with van der Waals surface area (Å²) in [5.41, 5.74) is 13.9. The van der Waals surface area contributed by atoms with Crippen molar-refractivity contribution in [3.05, 3.63) is 151 Å². The Balaban J connectivity index is 0.000000164. The molecule has 0 unspecified atom stereocenters. The number of imidazole rings is 2. The lowest BCUT2D eigenvalue weighted by molar-refractivity contribution is -0.113. The molecule has 5 aliphatic rings. The van der Waals surface area contributed by atoms with Gasteiger partial charge in [-0.25, -0.2) is 9.97 Å². The van der Waals surface area contributed by atoms with Crippen LogP contribution in [0.25, 0.3) is 39.0 Å². The maximum atomic E-state index is 13.1. The number of rotatable bonds is 20. The van der Waals surface area contributed by atoms with Crippen LogP contribution in [0.15, 0.2) is 94.9 Å². The van der Waals surface area contributed by atoms with Gasteiger partial charge in [0.1, 0.15) is 54.1 Å². The van der Waals surface area contributed by atoms with Crippen LogP contribution in [0.5, 0.6) is 11.5 Å². The van der Waals surface area contributed by atoms with Crippen molar-refractivity contribution in [2.24, 2.45) is 5.73 Å². The number of Topliss-reactive ketones (excluding diaryl/α,β-unsaturated/α-hetero) is 1. The summed E-state index contributed by atoms with van der Waals surface area (Å²) in [5.74, 6) is 0.856. The minimum Gasteiger partial charge on any atom is -0.491 e. The summed E-state index contributed by atoms with van der Waals surface area (Å²) in [4.78, 5) is 103. The normalized spacial score (nSPS) is 16.6. The third-order valence-corrected chi connectivity index (χ3v) is 16.4. The van der Waals surface area contributed by atoms with Crippen molar-refractivity contribution in [2.45, 2.75) is 84.8 Å². The molecule has 1 aliphatic carbocycles. The first-order chi connectivity index (χ1) is 41.9. The number of benzene rings is 4. The molecule has 0 bridgehead atoms. The highest BCUT2D eigenvalue weighted by atomic mass is 35.5. The molecule has 3 aromatic heterocycles. The first kappa shape index (κ1) is 61.8. The average molecular weight is 1200 g/mol. The SMILES string of the molecule is Cc1ccc(OC[C@H](O)CN)c(C)c1.Cc1ccc(OC[C@H](O)CNc2cc[nH]c(=O)c2-c2nc3cc4c(cc3[nH]2)C(=O)N(CCCN2CCCC2)C4=O)c(C)c1.O=C1CC=CC(Cl)=C1c1nc2cc3c(cc2[nH]1)C(=O)N(CCCN1CCCC1)C3=O. The fourth-order valence-electron chi connectivity index (χ4n) is 11.5. The van der Waals surface area contributed by atoms with Crippen LogP contribution < -0.4 is 26.1 Å². The molecule has 2 saturated heterocycles. The number of nitrogens with one attached hydrogen (secondary N) is 4. The number of aromatic nitrogens is 5. The number of fused-ring (bicyclic) bond motifs is 4. The Hall–Kier alpha value is -8.31. The smallest absolute Gasteiger partial charge is 0.261 e. The summed E-state index contributed by atoms with van der Waals surface area (Å²) in [7, 11) is 0. The second-order valence-corrected chi connectivity index (χ2v) is 23.2. The van der Waals surface area contributed by atoms with Crippen LogP contribution in [0, 0.1) is 27.7 Å². The Morgan fingerprint density at radius 1 is 0.632 bits per heavy atom. The van der Waals surface area contributed by atoms with Gasteiger partial charge in [0.15, 0.2) is 5.78 Å². The lowest BCUT2D eigenvalue weighted by Gasteiger charge is -2.17. The number of aliphatic hydroxyl groups excluding tert-OH is 2. The van der Waals surface area contributed by atoms with Crippen molar-refractivity contribution in [2.75, 3.05) is 84.0 Å². The summed E-state index contributed by atoms with van der Waals surface area (Å²) < 4.78 is 11.2. The lowest BCUT2D eigenvalue weighted by Crippen LogP contribution is -2.33. The number of halogens is 1. The highest BCUT2D eigenvalue weighted by Gasteiger charge is 2.38. The number of pyridine rings is 1. The van der Waals surface area contributed by atoms with E-state index in [1.54, 1.807) is 42.5 Å². The number of nitrogens with zero attached hydrogens (tertiary/aromatic N) is 6. The topological polar surface area (TPSA) is 286 Å². The van der Waals surface area contributed by atoms with Crippen molar-refractivity contribution < 1.29 is 43.7 Å². The van der Waals surface area contributed by atoms with E-state index in [2.05, 4.69) is 40.0 Å². The molecule has 0 radical (unpaired) electrons. The second-order valence-electron chi connectivity index (χ2n) is 22.8. The fourth-order valence-corrected chi connectivity index (χ4v) is 11.8. The molecule has 4 amide bonds. The molecule has 2 atom stereocenters. The molecule has 22 heteroatoms. The lowest BCUT2D eigenvalue weighted by atomic mass is 10.0. The number of aryl methyl sites for hydroxylation is 4. The Morgan fingerprint density at radius 2 is 1.11 bits per heavy atom. The number of anilines is 1. The number of carbonyl (C=O) groups is 5. The molecule has 7 heterocycles. The van der Waals surface area contributed by atoms with E-state index in [-0.39, 0.29) is 79.1 Å². The summed E-state index contributed by atoms with van der Waals surface area (Å²) in [6, 6.07) is 20.0. The second kappa shape index (κ2) is 27.6. The number of aromatic amines is 3. The summed E-state index contributed by atoms with van der Waals surface area (Å²) in [6.45, 7) is 15.6. The number of ketones is 1. The minimum absolute atomic E-state index is 0.0724. The molecular formula is C65H74ClN11O10. The predicted molar refractivity (Wildman–Crippen MR) is 333 cm³/mol. The van der Waals surface area contributed by atoms with Crippen LogP contribution in [0.2, 0.25) is 0 Å². The largest absolute Gasteiger partial charge is 0.491 e. The van der Waals surface area contributed by atoms with Gasteiger partial charge >= 0.3 is 0 Å². The number of imide groups is 2. The zero-order valence-corrected chi connectivity index (χ0v) is 50.2. The molecule has 4 aliphatic heterocycles. The molecule has 456 valence electrons. The third kappa shape index (κ3) is 14.3. The van der Waals surface area contributed by atoms with E-state index < -0.39 is 12.2 Å². The van der Waals surface area contributed by atoms with Crippen LogP contribution in [0.1, 0.15) is 114 Å². The van der Waals surface area contributed by atoms with Gasteiger partial charge in [0, 0.05) is 38.8 Å². The maximum absolute atomic E-state index is 13.1. The van der Waals surface area contributed by atoms with Gasteiger partial charge in [0.25, 0.3) is 29.2 Å². The molecule has 4 aromatic carbocycles. The van der Waals surface area contributed by atoms with Gasteiger partial charge in [0.05, 0.1) is 60.6 Å². The monoisotopic (exact) mass is 1200 g/mol. The molecule has 2 fully saturated rings. The van der Waals surface area contributed by atoms with Crippen molar-refractivity contribution in [1.29, 1.82) is 0 Å². The fraction of sp³-hybridized carbons (Fsp3) is 0.385. The molecule has 7 aromatic rings. The Bertz CT molecular complexity index is 3770. The summed E-state index contributed by atoms with van der Waals surface area (Å²) >= 11 is 6.20. The molecule has 8 N–H and O–H groups in total. The average Bonchev–Trinajstić information content (AvgIpc) is 1.82. The molecule has 0 spiro atoms. The predicted octanol–water partition coefficient (Wildman–Crippen LogP) is 7.59. The standard InChI is InChI=1S/C32H36N6O5.C22H21ClN4O3.C11H17NO2/c1-19-6-7-27(20(2)14-19)43-18-21(39)17-34-24-8-9-33-30(40)28(24)29-35-25-15-22-23(16-26(25)36-29)32(42)38(31(22)41)13-5-12-37-10-3-4-11-37;23-15-5-3-6-18(28)19(15)20-24-16-11-13-14(12-17(16)25-20)22(30)27(21(13)29)10-4-9-26-7-1-2-8-26;1-8-3-4-11(9(2)5-8)14-7-10(13)6-12/h6-9,14-16,21,39H,3-5,10-13,17-18H2,1-2H3,(H,35,36)(H2,33,34,40);3,5,11-12H,1-2,4,6-10H2,(H,24,25);3-5,10,13H,6-7,12H2,1-2H3/t21-;;10-/m1.1/s1. The first-order valence-electron chi connectivity index (χ1n) is 29.7. The highest BCUT2D eigenvalue weighted by molar-refractivity contribution is 6.41. The first-order valence-corrected chi connectivity index (χ1v) is 30.1. The van der Waals surface area contributed by atoms with Crippen molar-refractivity contribution >= 4 is 74.3 Å².